The number of rotatable bonds is 7. The number of ether oxygens (including phenoxy) is 1. The standard InChI is InChI=1S/C17H27FN2O2/c1-3-15(6-9-21)19-13(2)14-4-5-17(16(18)12-14)20-7-10-22-11-8-20/h4-5,12-13,15,19,21H,3,6-11H2,1-2H3. The number of hydrogen-bond donors (Lipinski definition) is 2. The van der Waals surface area contributed by atoms with E-state index < -0.39 is 0 Å². The molecule has 0 radical (unpaired) electrons. The number of halogens is 1. The minimum atomic E-state index is -0.178. The highest BCUT2D eigenvalue weighted by molar-refractivity contribution is 5.49. The molecule has 2 rings (SSSR count). The third kappa shape index (κ3) is 4.41. The van der Waals surface area contributed by atoms with Crippen LogP contribution in [0.5, 0.6) is 0 Å². The molecule has 2 atom stereocenters. The molecule has 0 bridgehead atoms. The van der Waals surface area contributed by atoms with Crippen molar-refractivity contribution in [3.05, 3.63) is 29.6 Å². The normalized spacial score (nSPS) is 18.3. The highest BCUT2D eigenvalue weighted by Gasteiger charge is 2.17. The van der Waals surface area contributed by atoms with E-state index >= 15 is 0 Å². The number of benzene rings is 1. The summed E-state index contributed by atoms with van der Waals surface area (Å²) in [6, 6.07) is 5.78. The van der Waals surface area contributed by atoms with Gasteiger partial charge in [0.15, 0.2) is 0 Å². The highest BCUT2D eigenvalue weighted by atomic mass is 19.1. The fourth-order valence-electron chi connectivity index (χ4n) is 2.86. The second kappa shape index (κ2) is 8.46. The number of aliphatic hydroxyl groups is 1. The first-order valence-electron chi connectivity index (χ1n) is 8.14. The van der Waals surface area contributed by atoms with Gasteiger partial charge in [0, 0.05) is 31.8 Å². The molecule has 0 amide bonds. The zero-order valence-electron chi connectivity index (χ0n) is 13.5. The van der Waals surface area contributed by atoms with Gasteiger partial charge in [-0.25, -0.2) is 4.39 Å². The lowest BCUT2D eigenvalue weighted by Crippen LogP contribution is -2.36. The number of nitrogens with one attached hydrogen (secondary N) is 1. The summed E-state index contributed by atoms with van der Waals surface area (Å²) in [5.41, 5.74) is 1.59. The Bertz CT molecular complexity index is 464. The van der Waals surface area contributed by atoms with E-state index in [9.17, 15) is 4.39 Å². The summed E-state index contributed by atoms with van der Waals surface area (Å²) in [4.78, 5) is 2.03. The molecule has 4 nitrogen and oxygen atoms in total. The van der Waals surface area contributed by atoms with Gasteiger partial charge in [-0.15, -0.1) is 0 Å². The molecule has 1 aromatic carbocycles. The summed E-state index contributed by atoms with van der Waals surface area (Å²) < 4.78 is 19.7. The third-order valence-corrected chi connectivity index (χ3v) is 4.28. The second-order valence-corrected chi connectivity index (χ2v) is 5.82. The van der Waals surface area contributed by atoms with Crippen molar-refractivity contribution in [2.45, 2.75) is 38.8 Å². The van der Waals surface area contributed by atoms with Gasteiger partial charge in [0.25, 0.3) is 0 Å². The molecule has 0 aromatic heterocycles. The number of aliphatic hydroxyl groups excluding tert-OH is 1. The third-order valence-electron chi connectivity index (χ3n) is 4.28. The lowest BCUT2D eigenvalue weighted by molar-refractivity contribution is 0.122. The van der Waals surface area contributed by atoms with E-state index in [1.807, 2.05) is 24.0 Å². The predicted molar refractivity (Wildman–Crippen MR) is 86.8 cm³/mol. The first-order valence-corrected chi connectivity index (χ1v) is 8.14. The van der Waals surface area contributed by atoms with Crippen molar-refractivity contribution in [2.24, 2.45) is 0 Å². The average molecular weight is 310 g/mol. The quantitative estimate of drug-likeness (QED) is 0.812. The Hall–Kier alpha value is -1.17. The molecule has 2 N–H and O–H groups in total. The minimum absolute atomic E-state index is 0.0599. The lowest BCUT2D eigenvalue weighted by atomic mass is 10.0. The molecule has 5 heteroatoms. The van der Waals surface area contributed by atoms with Gasteiger partial charge in [-0.05, 0) is 37.5 Å². The van der Waals surface area contributed by atoms with Crippen LogP contribution in [0, 0.1) is 5.82 Å². The maximum atomic E-state index is 14.4. The molecule has 0 aliphatic carbocycles. The van der Waals surface area contributed by atoms with Gasteiger partial charge >= 0.3 is 0 Å². The Morgan fingerprint density at radius 3 is 2.68 bits per heavy atom. The Kier molecular flexibility index (Phi) is 6.61. The Morgan fingerprint density at radius 1 is 1.36 bits per heavy atom. The largest absolute Gasteiger partial charge is 0.396 e. The number of hydrogen-bond acceptors (Lipinski definition) is 4. The van der Waals surface area contributed by atoms with Gasteiger partial charge in [-0.1, -0.05) is 13.0 Å². The molecule has 0 spiro atoms. The lowest BCUT2D eigenvalue weighted by Gasteiger charge is -2.29. The summed E-state index contributed by atoms with van der Waals surface area (Å²) in [7, 11) is 0. The van der Waals surface area contributed by atoms with Gasteiger partial charge in [-0.3, -0.25) is 0 Å². The van der Waals surface area contributed by atoms with Gasteiger partial charge in [0.2, 0.25) is 0 Å². The van der Waals surface area contributed by atoms with E-state index in [1.54, 1.807) is 6.07 Å². The molecule has 1 saturated heterocycles. The van der Waals surface area contributed by atoms with Crippen molar-refractivity contribution in [2.75, 3.05) is 37.8 Å². The number of morpholine rings is 1. The van der Waals surface area contributed by atoms with Gasteiger partial charge < -0.3 is 20.1 Å². The topological polar surface area (TPSA) is 44.7 Å². The first-order chi connectivity index (χ1) is 10.7. The molecule has 1 aliphatic rings. The van der Waals surface area contributed by atoms with Crippen LogP contribution in [0.2, 0.25) is 0 Å². The maximum Gasteiger partial charge on any atom is 0.146 e. The molecule has 1 aromatic rings. The van der Waals surface area contributed by atoms with Crippen molar-refractivity contribution >= 4 is 5.69 Å². The van der Waals surface area contributed by atoms with Crippen molar-refractivity contribution in [1.29, 1.82) is 0 Å². The molecular weight excluding hydrogens is 283 g/mol. The monoisotopic (exact) mass is 310 g/mol. The molecule has 1 fully saturated rings. The van der Waals surface area contributed by atoms with Crippen LogP contribution >= 0.6 is 0 Å². The summed E-state index contributed by atoms with van der Waals surface area (Å²) in [6.07, 6.45) is 1.66. The summed E-state index contributed by atoms with van der Waals surface area (Å²) in [6.45, 7) is 7.06. The van der Waals surface area contributed by atoms with Crippen LogP contribution in [0.3, 0.4) is 0 Å². The molecular formula is C17H27FN2O2. The minimum Gasteiger partial charge on any atom is -0.396 e. The van der Waals surface area contributed by atoms with E-state index in [2.05, 4.69) is 12.2 Å². The fourth-order valence-corrected chi connectivity index (χ4v) is 2.86. The van der Waals surface area contributed by atoms with Crippen molar-refractivity contribution in [3.63, 3.8) is 0 Å². The van der Waals surface area contributed by atoms with E-state index in [4.69, 9.17) is 9.84 Å². The second-order valence-electron chi connectivity index (χ2n) is 5.82. The van der Waals surface area contributed by atoms with Crippen LogP contribution in [-0.2, 0) is 4.74 Å². The number of nitrogens with zero attached hydrogens (tertiary/aromatic N) is 1. The Labute approximate surface area is 132 Å². The van der Waals surface area contributed by atoms with E-state index in [1.165, 1.54) is 0 Å². The van der Waals surface area contributed by atoms with Crippen LogP contribution in [0.4, 0.5) is 10.1 Å². The van der Waals surface area contributed by atoms with E-state index in [0.717, 1.165) is 31.5 Å². The van der Waals surface area contributed by atoms with E-state index in [0.29, 0.717) is 18.9 Å². The molecule has 2 unspecified atom stereocenters. The van der Waals surface area contributed by atoms with Crippen LogP contribution in [0.1, 0.15) is 38.3 Å². The summed E-state index contributed by atoms with van der Waals surface area (Å²) >= 11 is 0. The Balaban J connectivity index is 2.04. The van der Waals surface area contributed by atoms with E-state index in [-0.39, 0.29) is 24.5 Å². The molecule has 1 aliphatic heterocycles. The average Bonchev–Trinajstić information content (AvgIpc) is 2.55. The summed E-state index contributed by atoms with van der Waals surface area (Å²) in [5.74, 6) is -0.178. The van der Waals surface area contributed by atoms with Crippen molar-refractivity contribution < 1.29 is 14.2 Å². The van der Waals surface area contributed by atoms with Crippen LogP contribution < -0.4 is 10.2 Å². The molecule has 124 valence electrons. The van der Waals surface area contributed by atoms with Crippen LogP contribution in [0.15, 0.2) is 18.2 Å². The molecule has 0 saturated carbocycles. The van der Waals surface area contributed by atoms with Gasteiger partial charge in [-0.2, -0.15) is 0 Å². The SMILES string of the molecule is CCC(CCO)NC(C)c1ccc(N2CCOCC2)c(F)c1. The highest BCUT2D eigenvalue weighted by Crippen LogP contribution is 2.24. The first kappa shape index (κ1) is 17.2. The van der Waals surface area contributed by atoms with Gasteiger partial charge in [0.1, 0.15) is 5.82 Å². The van der Waals surface area contributed by atoms with Crippen molar-refractivity contribution in [1.82, 2.24) is 5.32 Å². The Morgan fingerprint density at radius 2 is 2.09 bits per heavy atom. The fraction of sp³-hybridized carbons (Fsp3) is 0.647. The summed E-state index contributed by atoms with van der Waals surface area (Å²) in [5, 5.41) is 12.5. The predicted octanol–water partition coefficient (Wildman–Crippen LogP) is 2.47. The van der Waals surface area contributed by atoms with Gasteiger partial charge in [0.05, 0.1) is 18.9 Å². The smallest absolute Gasteiger partial charge is 0.146 e. The molecule has 1 heterocycles. The number of anilines is 1. The van der Waals surface area contributed by atoms with Crippen molar-refractivity contribution in [3.8, 4) is 0 Å². The molecule has 22 heavy (non-hydrogen) atoms. The zero-order chi connectivity index (χ0) is 15.9. The zero-order valence-corrected chi connectivity index (χ0v) is 13.5. The maximum absolute atomic E-state index is 14.4. The van der Waals surface area contributed by atoms with Crippen LogP contribution in [-0.4, -0.2) is 44.1 Å². The van der Waals surface area contributed by atoms with Crippen LogP contribution in [0.25, 0.3) is 0 Å².